The summed E-state index contributed by atoms with van der Waals surface area (Å²) >= 11 is 0. The summed E-state index contributed by atoms with van der Waals surface area (Å²) in [7, 11) is 5.95. The second kappa shape index (κ2) is 76.5. The zero-order chi connectivity index (χ0) is 69.0. The predicted octanol–water partition coefficient (Wildman–Crippen LogP) is 25.0. The summed E-state index contributed by atoms with van der Waals surface area (Å²) in [5.41, 5.74) is 0. The molecule has 0 heterocycles. The zero-order valence-electron chi connectivity index (χ0n) is 63.6. The van der Waals surface area contributed by atoms with Gasteiger partial charge in [0.15, 0.2) is 12.4 Å². The molecule has 0 aliphatic rings. The number of hydrogen-bond donors (Lipinski definition) is 0. The molecule has 0 amide bonds. The van der Waals surface area contributed by atoms with Crippen LogP contribution in [-0.4, -0.2) is 82.3 Å². The number of carboxylic acid groups (broad SMARTS) is 1. The maximum Gasteiger partial charge on any atom is 0.306 e. The Balaban J connectivity index is 3.96. The highest BCUT2D eigenvalue weighted by Crippen LogP contribution is 2.20. The molecular weight excluding hydrogens is 1170 g/mol. The number of aliphatic carboxylic acids is 1. The van der Waals surface area contributed by atoms with Gasteiger partial charge >= 0.3 is 11.9 Å². The smallest absolute Gasteiger partial charge is 0.306 e. The summed E-state index contributed by atoms with van der Waals surface area (Å²) in [6, 6.07) is 0. The van der Waals surface area contributed by atoms with Crippen molar-refractivity contribution in [3.05, 3.63) is 72.9 Å². The van der Waals surface area contributed by atoms with Crippen LogP contribution in [0.25, 0.3) is 0 Å². The number of carboxylic acids is 1. The Morgan fingerprint density at radius 1 is 0.326 bits per heavy atom. The zero-order valence-corrected chi connectivity index (χ0v) is 63.6. The van der Waals surface area contributed by atoms with E-state index in [0.717, 1.165) is 70.6 Å². The topological polar surface area (TPSA) is 111 Å². The Labute approximate surface area is 589 Å². The van der Waals surface area contributed by atoms with E-state index in [1.165, 1.54) is 302 Å². The van der Waals surface area contributed by atoms with Crippen LogP contribution in [0.4, 0.5) is 0 Å². The Bertz CT molecular complexity index is 1790. The standard InChI is InChI=1S/C86H157NO8/c1-6-8-10-12-14-16-18-20-22-24-26-28-30-32-34-36-38-40-42-44-46-48-50-52-54-56-58-60-62-64-66-68-70-72-74-76-83(88)93-80-82(81-94-86(85(90)91)92-79-78-87(3,4)5)95-84(89)77-75-73-71-69-67-65-63-61-59-57-55-53-51-49-47-45-43-41-39-37-35-33-31-29-27-25-23-21-19-17-15-13-11-9-7-2/h9,11,15,17-18,20-21,23-24,26-27,29,82,86H,6-8,10,12-14,16,19,22,25,28,30-81H2,1-5H3/b11-9-,17-15-,20-18-,23-21-,26-24-,29-27-. The van der Waals surface area contributed by atoms with Crippen molar-refractivity contribution < 1.29 is 42.9 Å². The van der Waals surface area contributed by atoms with Crippen molar-refractivity contribution in [3.8, 4) is 0 Å². The highest BCUT2D eigenvalue weighted by molar-refractivity contribution is 5.70. The average molecular weight is 1330 g/mol. The number of carbonyl (C=O) groups excluding carboxylic acids is 3. The van der Waals surface area contributed by atoms with Crippen LogP contribution < -0.4 is 5.11 Å². The highest BCUT2D eigenvalue weighted by atomic mass is 16.7. The summed E-state index contributed by atoms with van der Waals surface area (Å²) in [5.74, 6) is -2.25. The number of ether oxygens (including phenoxy) is 4. The Kier molecular flexibility index (Phi) is 73.9. The lowest BCUT2D eigenvalue weighted by molar-refractivity contribution is -0.870. The number of rotatable bonds is 77. The quantitative estimate of drug-likeness (QED) is 0.0195. The monoisotopic (exact) mass is 1330 g/mol. The molecule has 95 heavy (non-hydrogen) atoms. The third-order valence-electron chi connectivity index (χ3n) is 18.4. The van der Waals surface area contributed by atoms with E-state index >= 15 is 0 Å². The van der Waals surface area contributed by atoms with Crippen LogP contribution >= 0.6 is 0 Å². The SMILES string of the molecule is CC/C=C\C/C=C\C/C=C\C/C=C\CCCCCCCCCCCCCCCCCCCCCCCCC(=O)OC(COC(=O)CCCCCCCCCCCCCCCCCCCCCCCCC/C=C\C/C=C\CCCCCCC)COC(OCC[N+](C)(C)C)C(=O)[O-]. The second-order valence-corrected chi connectivity index (χ2v) is 29.0. The molecule has 0 bridgehead atoms. The lowest BCUT2D eigenvalue weighted by atomic mass is 10.0. The van der Waals surface area contributed by atoms with E-state index in [4.69, 9.17) is 18.9 Å². The van der Waals surface area contributed by atoms with Gasteiger partial charge in [0, 0.05) is 12.8 Å². The normalized spacial score (nSPS) is 13.0. The number of unbranched alkanes of at least 4 members (excludes halogenated alkanes) is 50. The molecule has 0 aliphatic carbocycles. The molecule has 0 aliphatic heterocycles. The highest BCUT2D eigenvalue weighted by Gasteiger charge is 2.22. The summed E-state index contributed by atoms with van der Waals surface area (Å²) in [4.78, 5) is 37.6. The molecule has 0 rings (SSSR count). The van der Waals surface area contributed by atoms with Gasteiger partial charge < -0.3 is 33.3 Å². The largest absolute Gasteiger partial charge is 0.545 e. The molecule has 0 spiro atoms. The van der Waals surface area contributed by atoms with Crippen molar-refractivity contribution >= 4 is 17.9 Å². The summed E-state index contributed by atoms with van der Waals surface area (Å²) < 4.78 is 22.9. The molecule has 554 valence electrons. The first kappa shape index (κ1) is 91.7. The maximum atomic E-state index is 13.0. The molecule has 9 nitrogen and oxygen atoms in total. The lowest BCUT2D eigenvalue weighted by Crippen LogP contribution is -2.44. The fraction of sp³-hybridized carbons (Fsp3) is 0.826. The molecule has 0 aromatic carbocycles. The van der Waals surface area contributed by atoms with E-state index in [2.05, 4.69) is 86.8 Å². The predicted molar refractivity (Wildman–Crippen MR) is 408 cm³/mol. The molecule has 0 saturated carbocycles. The first-order valence-electron chi connectivity index (χ1n) is 41.1. The van der Waals surface area contributed by atoms with Gasteiger partial charge in [0.05, 0.1) is 40.3 Å². The minimum absolute atomic E-state index is 0.150. The van der Waals surface area contributed by atoms with Gasteiger partial charge in [-0.15, -0.1) is 0 Å². The van der Waals surface area contributed by atoms with Gasteiger partial charge in [-0.1, -0.05) is 376 Å². The first-order chi connectivity index (χ1) is 46.6. The van der Waals surface area contributed by atoms with E-state index < -0.39 is 24.3 Å². The maximum absolute atomic E-state index is 13.0. The number of esters is 2. The number of carbonyl (C=O) groups is 3. The van der Waals surface area contributed by atoms with Gasteiger partial charge in [0.25, 0.3) is 0 Å². The third kappa shape index (κ3) is 77.9. The molecule has 2 unspecified atom stereocenters. The summed E-state index contributed by atoms with van der Waals surface area (Å²) in [5, 5.41) is 11.9. The Morgan fingerprint density at radius 2 is 0.600 bits per heavy atom. The molecule has 0 aromatic heterocycles. The van der Waals surface area contributed by atoms with E-state index in [-0.39, 0.29) is 32.2 Å². The molecule has 0 saturated heterocycles. The van der Waals surface area contributed by atoms with Gasteiger partial charge in [0.2, 0.25) is 0 Å². The van der Waals surface area contributed by atoms with E-state index in [1.807, 2.05) is 21.1 Å². The van der Waals surface area contributed by atoms with Crippen LogP contribution in [0.15, 0.2) is 72.9 Å². The van der Waals surface area contributed by atoms with Gasteiger partial charge in [0.1, 0.15) is 13.2 Å². The van der Waals surface area contributed by atoms with Crippen molar-refractivity contribution in [1.29, 1.82) is 0 Å². The first-order valence-corrected chi connectivity index (χ1v) is 41.1. The fourth-order valence-electron chi connectivity index (χ4n) is 12.2. The van der Waals surface area contributed by atoms with Gasteiger partial charge in [-0.05, 0) is 83.5 Å². The van der Waals surface area contributed by atoms with Crippen LogP contribution in [0.1, 0.15) is 399 Å². The Hall–Kier alpha value is -3.27. The molecule has 0 fully saturated rings. The average Bonchev–Trinajstić information content (AvgIpc) is 3.58. The molecule has 0 N–H and O–H groups in total. The molecule has 9 heteroatoms. The van der Waals surface area contributed by atoms with Gasteiger partial charge in [-0.3, -0.25) is 9.59 Å². The van der Waals surface area contributed by atoms with Gasteiger partial charge in [-0.2, -0.15) is 0 Å². The number of nitrogens with zero attached hydrogens (tertiary/aromatic N) is 1. The second-order valence-electron chi connectivity index (χ2n) is 29.0. The number of likely N-dealkylation sites (N-methyl/N-ethyl adjacent to an activating group) is 1. The van der Waals surface area contributed by atoms with Gasteiger partial charge in [-0.25, -0.2) is 0 Å². The molecule has 0 aromatic rings. The molecular formula is C86H157NO8. The lowest BCUT2D eigenvalue weighted by Gasteiger charge is -2.26. The van der Waals surface area contributed by atoms with Crippen molar-refractivity contribution in [1.82, 2.24) is 0 Å². The van der Waals surface area contributed by atoms with Crippen molar-refractivity contribution in [2.75, 3.05) is 47.5 Å². The van der Waals surface area contributed by atoms with Crippen molar-refractivity contribution in [3.63, 3.8) is 0 Å². The van der Waals surface area contributed by atoms with E-state index in [1.54, 1.807) is 0 Å². The minimum atomic E-state index is -1.62. The molecule has 0 radical (unpaired) electrons. The Morgan fingerprint density at radius 3 is 0.895 bits per heavy atom. The molecule has 2 atom stereocenters. The minimum Gasteiger partial charge on any atom is -0.545 e. The number of hydrogen-bond acceptors (Lipinski definition) is 8. The van der Waals surface area contributed by atoms with Crippen LogP contribution in [-0.2, 0) is 33.3 Å². The van der Waals surface area contributed by atoms with Crippen molar-refractivity contribution in [2.24, 2.45) is 0 Å². The number of allylic oxidation sites excluding steroid dienone is 12. The van der Waals surface area contributed by atoms with Crippen molar-refractivity contribution in [2.45, 2.75) is 411 Å². The van der Waals surface area contributed by atoms with Crippen LogP contribution in [0.2, 0.25) is 0 Å². The van der Waals surface area contributed by atoms with E-state index in [0.29, 0.717) is 17.4 Å². The number of quaternary nitrogens is 1. The van der Waals surface area contributed by atoms with Crippen LogP contribution in [0.3, 0.4) is 0 Å². The van der Waals surface area contributed by atoms with Crippen LogP contribution in [0.5, 0.6) is 0 Å². The van der Waals surface area contributed by atoms with Crippen LogP contribution in [0, 0.1) is 0 Å². The summed E-state index contributed by atoms with van der Waals surface area (Å²) in [6.45, 7) is 4.69. The van der Waals surface area contributed by atoms with E-state index in [9.17, 15) is 19.5 Å². The third-order valence-corrected chi connectivity index (χ3v) is 18.4. The fourth-order valence-corrected chi connectivity index (χ4v) is 12.2. The summed E-state index contributed by atoms with van der Waals surface area (Å²) in [6.07, 6.45) is 100.